The third-order valence-electron chi connectivity index (χ3n) is 1.68. The zero-order valence-electron chi connectivity index (χ0n) is 6.47. The fourth-order valence-electron chi connectivity index (χ4n) is 0.962. The molecule has 5 nitrogen and oxygen atoms in total. The van der Waals surface area contributed by atoms with E-state index in [4.69, 9.17) is 20.1 Å². The summed E-state index contributed by atoms with van der Waals surface area (Å²) in [6.45, 7) is 1.49. The predicted molar refractivity (Wildman–Crippen MR) is 38.3 cm³/mol. The molecule has 1 aliphatic heterocycles. The van der Waals surface area contributed by atoms with E-state index in [1.807, 2.05) is 0 Å². The number of carboxylic acids is 1. The van der Waals surface area contributed by atoms with Crippen molar-refractivity contribution in [3.05, 3.63) is 11.8 Å². The molecule has 3 atom stereocenters. The monoisotopic (exact) mass is 174 g/mol. The number of carbonyl (C=O) groups is 1. The van der Waals surface area contributed by atoms with Crippen molar-refractivity contribution in [3.63, 3.8) is 0 Å². The topological polar surface area (TPSA) is 87.0 Å². The van der Waals surface area contributed by atoms with Crippen molar-refractivity contribution >= 4 is 5.97 Å². The van der Waals surface area contributed by atoms with Gasteiger partial charge in [0.1, 0.15) is 18.3 Å². The predicted octanol–water partition coefficient (Wildman–Crippen LogP) is -0.905. The third kappa shape index (κ3) is 1.57. The van der Waals surface area contributed by atoms with Gasteiger partial charge in [0.05, 0.1) is 0 Å². The van der Waals surface area contributed by atoms with Crippen molar-refractivity contribution in [2.75, 3.05) is 0 Å². The first-order chi connectivity index (χ1) is 5.52. The molecule has 0 radical (unpaired) electrons. The standard InChI is InChI=1S/C7H10O5/c1-3-6(9)4(8)2-5(12-3)7(10)11/h2-4,6,8-9H,1H3,(H,10,11)/t3-,4?,6?/m0/s1. The highest BCUT2D eigenvalue weighted by Gasteiger charge is 2.31. The van der Waals surface area contributed by atoms with Crippen LogP contribution in [0.4, 0.5) is 0 Å². The lowest BCUT2D eigenvalue weighted by molar-refractivity contribution is -0.142. The highest BCUT2D eigenvalue weighted by molar-refractivity contribution is 5.84. The largest absolute Gasteiger partial charge is 0.481 e. The summed E-state index contributed by atoms with van der Waals surface area (Å²) in [5, 5.41) is 26.7. The van der Waals surface area contributed by atoms with Gasteiger partial charge in [-0.05, 0) is 13.0 Å². The van der Waals surface area contributed by atoms with Crippen LogP contribution >= 0.6 is 0 Å². The van der Waals surface area contributed by atoms with Gasteiger partial charge in [0.2, 0.25) is 5.76 Å². The van der Waals surface area contributed by atoms with Crippen molar-refractivity contribution in [2.24, 2.45) is 0 Å². The van der Waals surface area contributed by atoms with Crippen molar-refractivity contribution in [1.29, 1.82) is 0 Å². The van der Waals surface area contributed by atoms with Gasteiger partial charge in [-0.25, -0.2) is 4.79 Å². The number of carboxylic acid groups (broad SMARTS) is 1. The molecule has 0 aromatic rings. The highest BCUT2D eigenvalue weighted by Crippen LogP contribution is 2.17. The van der Waals surface area contributed by atoms with E-state index in [1.165, 1.54) is 6.92 Å². The van der Waals surface area contributed by atoms with Gasteiger partial charge in [-0.2, -0.15) is 0 Å². The first-order valence-corrected chi connectivity index (χ1v) is 3.50. The van der Waals surface area contributed by atoms with Crippen molar-refractivity contribution in [1.82, 2.24) is 0 Å². The smallest absolute Gasteiger partial charge is 0.370 e. The first-order valence-electron chi connectivity index (χ1n) is 3.50. The second-order valence-corrected chi connectivity index (χ2v) is 2.64. The van der Waals surface area contributed by atoms with Gasteiger partial charge in [-0.1, -0.05) is 0 Å². The molecule has 1 aliphatic rings. The van der Waals surface area contributed by atoms with E-state index in [9.17, 15) is 4.79 Å². The highest BCUT2D eigenvalue weighted by atomic mass is 16.5. The molecule has 1 rings (SSSR count). The molecule has 0 bridgehead atoms. The Balaban J connectivity index is 2.81. The molecule has 0 aliphatic carbocycles. The summed E-state index contributed by atoms with van der Waals surface area (Å²) in [4.78, 5) is 10.4. The lowest BCUT2D eigenvalue weighted by Gasteiger charge is -2.27. The van der Waals surface area contributed by atoms with Crippen LogP contribution in [0.1, 0.15) is 6.92 Å². The van der Waals surface area contributed by atoms with Gasteiger partial charge in [-0.15, -0.1) is 0 Å². The van der Waals surface area contributed by atoms with E-state index in [2.05, 4.69) is 0 Å². The lowest BCUT2D eigenvalue weighted by atomic mass is 10.1. The van der Waals surface area contributed by atoms with Gasteiger partial charge >= 0.3 is 5.97 Å². The number of hydrogen-bond donors (Lipinski definition) is 3. The summed E-state index contributed by atoms with van der Waals surface area (Å²) < 4.78 is 4.78. The lowest BCUT2D eigenvalue weighted by Crippen LogP contribution is -2.40. The van der Waals surface area contributed by atoms with E-state index in [-0.39, 0.29) is 5.76 Å². The Morgan fingerprint density at radius 3 is 2.58 bits per heavy atom. The zero-order valence-corrected chi connectivity index (χ0v) is 6.47. The van der Waals surface area contributed by atoms with Gasteiger partial charge in [0.25, 0.3) is 0 Å². The summed E-state index contributed by atoms with van der Waals surface area (Å²) in [5.41, 5.74) is 0. The Bertz CT molecular complexity index is 222. The zero-order chi connectivity index (χ0) is 9.30. The van der Waals surface area contributed by atoms with Crippen LogP contribution in [0.15, 0.2) is 11.8 Å². The van der Waals surface area contributed by atoms with Crippen LogP contribution in [0.3, 0.4) is 0 Å². The number of rotatable bonds is 1. The Labute approximate surface area is 68.9 Å². The first kappa shape index (κ1) is 9.02. The van der Waals surface area contributed by atoms with Crippen molar-refractivity contribution in [2.45, 2.75) is 25.2 Å². The Morgan fingerprint density at radius 2 is 2.17 bits per heavy atom. The molecule has 5 heteroatoms. The van der Waals surface area contributed by atoms with Gasteiger partial charge < -0.3 is 20.1 Å². The fraction of sp³-hybridized carbons (Fsp3) is 0.571. The summed E-state index contributed by atoms with van der Waals surface area (Å²) in [7, 11) is 0. The Morgan fingerprint density at radius 1 is 1.58 bits per heavy atom. The molecule has 0 fully saturated rings. The quantitative estimate of drug-likeness (QED) is 0.479. The molecule has 0 saturated heterocycles. The molecule has 3 N–H and O–H groups in total. The average Bonchev–Trinajstić information content (AvgIpc) is 1.99. The van der Waals surface area contributed by atoms with E-state index >= 15 is 0 Å². The van der Waals surface area contributed by atoms with Gasteiger partial charge in [0.15, 0.2) is 0 Å². The van der Waals surface area contributed by atoms with E-state index in [1.54, 1.807) is 0 Å². The summed E-state index contributed by atoms with van der Waals surface area (Å²) >= 11 is 0. The van der Waals surface area contributed by atoms with E-state index < -0.39 is 24.3 Å². The maximum Gasteiger partial charge on any atom is 0.370 e. The second kappa shape index (κ2) is 3.12. The summed E-state index contributed by atoms with van der Waals surface area (Å²) in [5.74, 6) is -1.56. The maximum atomic E-state index is 10.4. The average molecular weight is 174 g/mol. The molecule has 0 aromatic carbocycles. The minimum absolute atomic E-state index is 0.319. The Kier molecular flexibility index (Phi) is 2.35. The molecule has 68 valence electrons. The Hall–Kier alpha value is -1.07. The van der Waals surface area contributed by atoms with E-state index in [0.29, 0.717) is 0 Å². The minimum Gasteiger partial charge on any atom is -0.481 e. The van der Waals surface area contributed by atoms with Crippen LogP contribution in [0, 0.1) is 0 Å². The summed E-state index contributed by atoms with van der Waals surface area (Å²) in [6.07, 6.45) is -1.95. The molecule has 2 unspecified atom stereocenters. The second-order valence-electron chi connectivity index (χ2n) is 2.64. The van der Waals surface area contributed by atoms with Crippen LogP contribution in [0.5, 0.6) is 0 Å². The molecule has 0 spiro atoms. The number of aliphatic hydroxyl groups is 2. The molecule has 0 amide bonds. The normalized spacial score (nSPS) is 35.2. The van der Waals surface area contributed by atoms with Crippen LogP contribution in [-0.2, 0) is 9.53 Å². The number of aliphatic hydroxyl groups excluding tert-OH is 2. The fourth-order valence-corrected chi connectivity index (χ4v) is 0.962. The van der Waals surface area contributed by atoms with Crippen LogP contribution < -0.4 is 0 Å². The summed E-state index contributed by atoms with van der Waals surface area (Å²) in [6, 6.07) is 0. The molecule has 0 saturated carbocycles. The van der Waals surface area contributed by atoms with Crippen LogP contribution in [0.25, 0.3) is 0 Å². The van der Waals surface area contributed by atoms with Crippen LogP contribution in [-0.4, -0.2) is 39.6 Å². The molecule has 1 heterocycles. The molecule has 12 heavy (non-hydrogen) atoms. The van der Waals surface area contributed by atoms with Gasteiger partial charge in [0, 0.05) is 0 Å². The number of aliphatic carboxylic acids is 1. The SMILES string of the molecule is C[C@@H]1OC(C(=O)O)=CC(O)C1O. The third-order valence-corrected chi connectivity index (χ3v) is 1.68. The number of ether oxygens (including phenoxy) is 1. The maximum absolute atomic E-state index is 10.4. The molecule has 0 aromatic heterocycles. The van der Waals surface area contributed by atoms with Crippen LogP contribution in [0.2, 0.25) is 0 Å². The van der Waals surface area contributed by atoms with Crippen molar-refractivity contribution < 1.29 is 24.9 Å². The van der Waals surface area contributed by atoms with E-state index in [0.717, 1.165) is 6.08 Å². The molecular formula is C7H10O5. The molecular weight excluding hydrogens is 164 g/mol. The number of hydrogen-bond acceptors (Lipinski definition) is 4. The minimum atomic E-state index is -1.24. The van der Waals surface area contributed by atoms with Gasteiger partial charge in [-0.3, -0.25) is 0 Å². The van der Waals surface area contributed by atoms with Crippen molar-refractivity contribution in [3.8, 4) is 0 Å².